The van der Waals surface area contributed by atoms with E-state index in [1.807, 2.05) is 0 Å². The van der Waals surface area contributed by atoms with Crippen molar-refractivity contribution in [2.45, 2.75) is 39.0 Å². The Morgan fingerprint density at radius 1 is 1.40 bits per heavy atom. The summed E-state index contributed by atoms with van der Waals surface area (Å²) in [6.45, 7) is 3.26. The highest BCUT2D eigenvalue weighted by Gasteiger charge is 2.21. The largest absolute Gasteiger partial charge is 0.330 e. The second-order valence-corrected chi connectivity index (χ2v) is 3.60. The van der Waals surface area contributed by atoms with Gasteiger partial charge in [0.2, 0.25) is 0 Å². The van der Waals surface area contributed by atoms with Gasteiger partial charge < -0.3 is 5.73 Å². The molecule has 0 spiro atoms. The molecule has 1 aliphatic rings. The maximum absolute atomic E-state index is 5.45. The third-order valence-corrected chi connectivity index (χ3v) is 2.82. The molecule has 0 aliphatic heterocycles. The van der Waals surface area contributed by atoms with Crippen LogP contribution >= 0.6 is 0 Å². The van der Waals surface area contributed by atoms with Crippen molar-refractivity contribution in [3.63, 3.8) is 0 Å². The smallest absolute Gasteiger partial charge is 0.00772 e. The van der Waals surface area contributed by atoms with Crippen molar-refractivity contribution in [2.24, 2.45) is 17.6 Å². The molecule has 1 aliphatic carbocycles. The van der Waals surface area contributed by atoms with E-state index >= 15 is 0 Å². The quantitative estimate of drug-likeness (QED) is 0.640. The van der Waals surface area contributed by atoms with Gasteiger partial charge in [-0.25, -0.2) is 0 Å². The van der Waals surface area contributed by atoms with Crippen LogP contribution in [-0.2, 0) is 0 Å². The topological polar surface area (TPSA) is 26.0 Å². The summed E-state index contributed by atoms with van der Waals surface area (Å²) in [4.78, 5) is 0. The first-order chi connectivity index (χ1) is 4.84. The summed E-state index contributed by atoms with van der Waals surface area (Å²) < 4.78 is 0. The van der Waals surface area contributed by atoms with Gasteiger partial charge in [-0.1, -0.05) is 26.2 Å². The molecule has 0 aromatic heterocycles. The SMILES string of the molecule is CC1CCCC1CCCN. The van der Waals surface area contributed by atoms with Gasteiger partial charge in [-0.3, -0.25) is 0 Å². The Morgan fingerprint density at radius 3 is 2.70 bits per heavy atom. The van der Waals surface area contributed by atoms with Crippen molar-refractivity contribution in [3.05, 3.63) is 0 Å². The van der Waals surface area contributed by atoms with Crippen molar-refractivity contribution >= 4 is 0 Å². The maximum Gasteiger partial charge on any atom is -0.00772 e. The lowest BCUT2D eigenvalue weighted by Gasteiger charge is -2.13. The van der Waals surface area contributed by atoms with Crippen LogP contribution in [0.15, 0.2) is 0 Å². The fraction of sp³-hybridized carbons (Fsp3) is 1.00. The second kappa shape index (κ2) is 3.97. The molecule has 1 nitrogen and oxygen atoms in total. The molecular weight excluding hydrogens is 122 g/mol. The zero-order chi connectivity index (χ0) is 7.40. The average Bonchev–Trinajstić information content (AvgIpc) is 2.31. The van der Waals surface area contributed by atoms with Crippen molar-refractivity contribution in [1.82, 2.24) is 0 Å². The summed E-state index contributed by atoms with van der Waals surface area (Å²) in [5, 5.41) is 0. The predicted octanol–water partition coefficient (Wildman–Crippen LogP) is 2.16. The first kappa shape index (κ1) is 8.06. The Labute approximate surface area is 64.0 Å². The van der Waals surface area contributed by atoms with E-state index in [1.165, 1.54) is 32.1 Å². The zero-order valence-electron chi connectivity index (χ0n) is 6.97. The molecule has 0 saturated heterocycles. The minimum atomic E-state index is 0.878. The molecule has 10 heavy (non-hydrogen) atoms. The number of rotatable bonds is 3. The Balaban J connectivity index is 2.14. The van der Waals surface area contributed by atoms with E-state index in [0.717, 1.165) is 18.4 Å². The van der Waals surface area contributed by atoms with Gasteiger partial charge in [-0.2, -0.15) is 0 Å². The van der Waals surface area contributed by atoms with E-state index in [0.29, 0.717) is 0 Å². The van der Waals surface area contributed by atoms with Crippen LogP contribution in [0.2, 0.25) is 0 Å². The van der Waals surface area contributed by atoms with Crippen molar-refractivity contribution in [2.75, 3.05) is 6.54 Å². The van der Waals surface area contributed by atoms with E-state index in [-0.39, 0.29) is 0 Å². The van der Waals surface area contributed by atoms with E-state index in [2.05, 4.69) is 6.92 Å². The molecule has 1 heteroatoms. The van der Waals surface area contributed by atoms with E-state index < -0.39 is 0 Å². The molecule has 1 fully saturated rings. The first-order valence-electron chi connectivity index (χ1n) is 4.54. The van der Waals surface area contributed by atoms with Crippen LogP contribution in [0.25, 0.3) is 0 Å². The lowest BCUT2D eigenvalue weighted by Crippen LogP contribution is -2.07. The standard InChI is InChI=1S/C9H19N/c1-8-4-2-5-9(8)6-3-7-10/h8-9H,2-7,10H2,1H3. The summed E-state index contributed by atoms with van der Waals surface area (Å²) in [5.41, 5.74) is 5.45. The molecule has 0 amide bonds. The van der Waals surface area contributed by atoms with Gasteiger partial charge >= 0.3 is 0 Å². The fourth-order valence-corrected chi connectivity index (χ4v) is 2.03. The second-order valence-electron chi connectivity index (χ2n) is 3.60. The molecule has 0 radical (unpaired) electrons. The molecule has 2 N–H and O–H groups in total. The van der Waals surface area contributed by atoms with Crippen LogP contribution in [0.4, 0.5) is 0 Å². The molecule has 0 aromatic rings. The molecule has 2 atom stereocenters. The summed E-state index contributed by atoms with van der Waals surface area (Å²) in [7, 11) is 0. The summed E-state index contributed by atoms with van der Waals surface area (Å²) in [6.07, 6.45) is 6.97. The fourth-order valence-electron chi connectivity index (χ4n) is 2.03. The van der Waals surface area contributed by atoms with Gasteiger partial charge in [-0.15, -0.1) is 0 Å². The monoisotopic (exact) mass is 141 g/mol. The predicted molar refractivity (Wildman–Crippen MR) is 44.8 cm³/mol. The molecule has 0 aromatic carbocycles. The number of hydrogen-bond donors (Lipinski definition) is 1. The Bertz CT molecular complexity index is 90.7. The van der Waals surface area contributed by atoms with Crippen LogP contribution in [-0.4, -0.2) is 6.54 Å². The van der Waals surface area contributed by atoms with Gasteiger partial charge in [0, 0.05) is 0 Å². The van der Waals surface area contributed by atoms with Gasteiger partial charge in [0.1, 0.15) is 0 Å². The number of nitrogens with two attached hydrogens (primary N) is 1. The Kier molecular flexibility index (Phi) is 3.20. The lowest BCUT2D eigenvalue weighted by molar-refractivity contribution is 0.384. The van der Waals surface area contributed by atoms with Crippen LogP contribution in [0.3, 0.4) is 0 Å². The normalized spacial score (nSPS) is 33.0. The van der Waals surface area contributed by atoms with Crippen LogP contribution < -0.4 is 5.73 Å². The van der Waals surface area contributed by atoms with Crippen molar-refractivity contribution in [1.29, 1.82) is 0 Å². The molecule has 2 unspecified atom stereocenters. The van der Waals surface area contributed by atoms with Gasteiger partial charge in [0.25, 0.3) is 0 Å². The molecule has 0 heterocycles. The van der Waals surface area contributed by atoms with E-state index in [4.69, 9.17) is 5.73 Å². The van der Waals surface area contributed by atoms with Crippen LogP contribution in [0.5, 0.6) is 0 Å². The third kappa shape index (κ3) is 1.98. The molecule has 1 saturated carbocycles. The highest BCUT2D eigenvalue weighted by Crippen LogP contribution is 2.33. The Hall–Kier alpha value is -0.0400. The maximum atomic E-state index is 5.45. The third-order valence-electron chi connectivity index (χ3n) is 2.82. The van der Waals surface area contributed by atoms with Gasteiger partial charge in [0.15, 0.2) is 0 Å². The highest BCUT2D eigenvalue weighted by molar-refractivity contribution is 4.73. The lowest BCUT2D eigenvalue weighted by atomic mass is 9.93. The van der Waals surface area contributed by atoms with Crippen LogP contribution in [0, 0.1) is 11.8 Å². The van der Waals surface area contributed by atoms with E-state index in [9.17, 15) is 0 Å². The van der Waals surface area contributed by atoms with Crippen molar-refractivity contribution in [3.8, 4) is 0 Å². The Morgan fingerprint density at radius 2 is 2.20 bits per heavy atom. The van der Waals surface area contributed by atoms with Gasteiger partial charge in [-0.05, 0) is 31.2 Å². The minimum Gasteiger partial charge on any atom is -0.330 e. The van der Waals surface area contributed by atoms with E-state index in [1.54, 1.807) is 0 Å². The average molecular weight is 141 g/mol. The zero-order valence-corrected chi connectivity index (χ0v) is 6.97. The van der Waals surface area contributed by atoms with Gasteiger partial charge in [0.05, 0.1) is 0 Å². The summed E-state index contributed by atoms with van der Waals surface area (Å²) in [6, 6.07) is 0. The summed E-state index contributed by atoms with van der Waals surface area (Å²) in [5.74, 6) is 1.98. The van der Waals surface area contributed by atoms with Crippen molar-refractivity contribution < 1.29 is 0 Å². The molecule has 0 bridgehead atoms. The van der Waals surface area contributed by atoms with Crippen LogP contribution in [0.1, 0.15) is 39.0 Å². The number of hydrogen-bond acceptors (Lipinski definition) is 1. The molecule has 60 valence electrons. The first-order valence-corrected chi connectivity index (χ1v) is 4.54. The molecular formula is C9H19N. The molecule has 1 rings (SSSR count). The highest BCUT2D eigenvalue weighted by atomic mass is 14.5. The summed E-state index contributed by atoms with van der Waals surface area (Å²) >= 11 is 0. The minimum absolute atomic E-state index is 0.878.